The maximum Gasteiger partial charge on any atom is 0.334 e. The van der Waals surface area contributed by atoms with Crippen molar-refractivity contribution in [2.75, 3.05) is 36.1 Å². The van der Waals surface area contributed by atoms with Gasteiger partial charge < -0.3 is 20.5 Å². The molecule has 0 amide bonds. The Balaban J connectivity index is 1.31. The fourth-order valence-electron chi connectivity index (χ4n) is 4.10. The number of thioether (sulfide) groups is 1. The lowest BCUT2D eigenvalue weighted by molar-refractivity contribution is -0.138. The van der Waals surface area contributed by atoms with Crippen molar-refractivity contribution in [3.63, 3.8) is 0 Å². The van der Waals surface area contributed by atoms with Crippen molar-refractivity contribution >= 4 is 35.1 Å². The number of hydrogen-bond acceptors (Lipinski definition) is 10. The Morgan fingerprint density at radius 1 is 1.26 bits per heavy atom. The summed E-state index contributed by atoms with van der Waals surface area (Å²) in [6.45, 7) is 9.50. The van der Waals surface area contributed by atoms with Crippen LogP contribution in [0, 0.1) is 6.92 Å². The number of rotatable bonds is 11. The van der Waals surface area contributed by atoms with E-state index >= 15 is 0 Å². The van der Waals surface area contributed by atoms with Crippen LogP contribution in [0.1, 0.15) is 25.3 Å². The summed E-state index contributed by atoms with van der Waals surface area (Å²) in [6.07, 6.45) is 6.25. The van der Waals surface area contributed by atoms with Crippen molar-refractivity contribution < 1.29 is 14.6 Å². The van der Waals surface area contributed by atoms with E-state index in [1.54, 1.807) is 37.3 Å². The van der Waals surface area contributed by atoms with Crippen LogP contribution in [-0.4, -0.2) is 68.0 Å². The van der Waals surface area contributed by atoms with Crippen LogP contribution in [0.3, 0.4) is 0 Å². The number of anilines is 3. The van der Waals surface area contributed by atoms with Gasteiger partial charge in [0, 0.05) is 65.2 Å². The Bertz CT molecular complexity index is 1230. The zero-order valence-electron chi connectivity index (χ0n) is 21.8. The number of likely N-dealkylation sites (tertiary alicyclic amines) is 1. The summed E-state index contributed by atoms with van der Waals surface area (Å²) in [6, 6.07) is 11.6. The molecule has 0 aliphatic carbocycles. The van der Waals surface area contributed by atoms with Gasteiger partial charge >= 0.3 is 5.97 Å². The molecular weight excluding hydrogens is 500 g/mol. The number of aliphatic hydroxyl groups excluding tert-OH is 1. The molecule has 4 rings (SSSR count). The highest BCUT2D eigenvalue weighted by Crippen LogP contribution is 2.28. The number of carbonyl (C=O) groups excluding carboxylic acids is 1. The van der Waals surface area contributed by atoms with Crippen LogP contribution in [0.15, 0.2) is 67.1 Å². The number of esters is 1. The van der Waals surface area contributed by atoms with Gasteiger partial charge in [-0.05, 0) is 62.6 Å². The van der Waals surface area contributed by atoms with Gasteiger partial charge in [0.05, 0.1) is 12.3 Å². The minimum Gasteiger partial charge on any atom is -0.463 e. The van der Waals surface area contributed by atoms with Gasteiger partial charge in [-0.3, -0.25) is 9.88 Å². The highest BCUT2D eigenvalue weighted by Gasteiger charge is 2.25. The Labute approximate surface area is 227 Å². The van der Waals surface area contributed by atoms with Gasteiger partial charge in [0.15, 0.2) is 6.35 Å². The minimum atomic E-state index is -0.809. The smallest absolute Gasteiger partial charge is 0.334 e. The number of ether oxygens (including phenoxy) is 1. The first-order chi connectivity index (χ1) is 18.4. The van der Waals surface area contributed by atoms with Crippen LogP contribution >= 0.6 is 11.8 Å². The molecule has 1 unspecified atom stereocenters. The number of aromatic nitrogens is 3. The largest absolute Gasteiger partial charge is 0.463 e. The van der Waals surface area contributed by atoms with Crippen LogP contribution in [-0.2, 0) is 9.53 Å². The summed E-state index contributed by atoms with van der Waals surface area (Å²) in [5, 5.41) is 17.8. The minimum absolute atomic E-state index is 0.322. The number of nitrogens with zero attached hydrogens (tertiary/aromatic N) is 4. The molecule has 1 aliphatic heterocycles. The van der Waals surface area contributed by atoms with E-state index in [0.717, 1.165) is 54.1 Å². The summed E-state index contributed by atoms with van der Waals surface area (Å²) < 4.78 is 5.01. The number of pyridine rings is 1. The number of benzene rings is 1. The molecule has 2 aromatic heterocycles. The van der Waals surface area contributed by atoms with Gasteiger partial charge in [-0.1, -0.05) is 12.6 Å². The average Bonchev–Trinajstić information content (AvgIpc) is 2.94. The molecule has 10 heteroatoms. The first-order valence-corrected chi connectivity index (χ1v) is 13.7. The van der Waals surface area contributed by atoms with Gasteiger partial charge in [-0.25, -0.2) is 14.8 Å². The molecule has 1 fully saturated rings. The maximum atomic E-state index is 11.8. The molecular formula is C28H34N6O3S. The van der Waals surface area contributed by atoms with Crippen molar-refractivity contribution in [3.05, 3.63) is 72.7 Å². The molecule has 0 bridgehead atoms. The van der Waals surface area contributed by atoms with E-state index in [9.17, 15) is 9.90 Å². The Hall–Kier alpha value is -3.47. The lowest BCUT2D eigenvalue weighted by Gasteiger charge is -2.35. The monoisotopic (exact) mass is 534 g/mol. The lowest BCUT2D eigenvalue weighted by Crippen LogP contribution is -2.46. The Morgan fingerprint density at radius 2 is 2.08 bits per heavy atom. The maximum absolute atomic E-state index is 11.8. The highest BCUT2D eigenvalue weighted by molar-refractivity contribution is 8.00. The molecule has 3 aromatic rings. The lowest BCUT2D eigenvalue weighted by atomic mass is 10.1. The third kappa shape index (κ3) is 7.53. The van der Waals surface area contributed by atoms with Crippen molar-refractivity contribution in [1.29, 1.82) is 0 Å². The molecule has 0 saturated carbocycles. The number of aryl methyl sites for hydroxylation is 1. The first-order valence-electron chi connectivity index (χ1n) is 12.7. The molecule has 1 aliphatic rings. The normalized spacial score (nSPS) is 15.0. The zero-order chi connectivity index (χ0) is 26.9. The summed E-state index contributed by atoms with van der Waals surface area (Å²) in [7, 11) is 0. The number of piperidine rings is 1. The van der Waals surface area contributed by atoms with Crippen LogP contribution < -0.4 is 10.6 Å². The predicted molar refractivity (Wildman–Crippen MR) is 152 cm³/mol. The van der Waals surface area contributed by atoms with Gasteiger partial charge in [0.2, 0.25) is 5.95 Å². The van der Waals surface area contributed by atoms with Gasteiger partial charge in [-0.2, -0.15) is 11.8 Å². The van der Waals surface area contributed by atoms with E-state index in [-0.39, 0.29) is 5.97 Å². The second-order valence-corrected chi connectivity index (χ2v) is 10.3. The Kier molecular flexibility index (Phi) is 9.69. The molecule has 1 saturated heterocycles. The average molecular weight is 535 g/mol. The molecule has 200 valence electrons. The molecule has 3 N–H and O–H groups in total. The quantitative estimate of drug-likeness (QED) is 0.183. The van der Waals surface area contributed by atoms with Crippen LogP contribution in [0.5, 0.6) is 0 Å². The standard InChI is InChI=1S/C28H34N6O3S/c1-4-37-26(35)20(3)18-38-23-10-14-34(15-11-23)28(36)31-22-8-7-19(2)25(16-22)33-27-30-13-9-24(32-27)21-6-5-12-29-17-21/h5-9,12-13,16-17,23,28,31,36H,3-4,10-11,14-15,18H2,1-2H3,(H,30,32,33). The van der Waals surface area contributed by atoms with E-state index in [0.29, 0.717) is 29.1 Å². The number of hydrogen-bond donors (Lipinski definition) is 3. The molecule has 1 atom stereocenters. The third-order valence-electron chi connectivity index (χ3n) is 6.27. The van der Waals surface area contributed by atoms with Gasteiger partial charge in [0.25, 0.3) is 0 Å². The summed E-state index contributed by atoms with van der Waals surface area (Å²) in [4.78, 5) is 26.9. The number of nitrogens with one attached hydrogen (secondary N) is 2. The SMILES string of the molecule is C=C(CSC1CCN(C(O)Nc2ccc(C)c(Nc3nccc(-c4cccnc4)n3)c2)CC1)C(=O)OCC. The van der Waals surface area contributed by atoms with Crippen LogP contribution in [0.25, 0.3) is 11.3 Å². The van der Waals surface area contributed by atoms with Crippen molar-refractivity contribution in [1.82, 2.24) is 19.9 Å². The Morgan fingerprint density at radius 3 is 2.82 bits per heavy atom. The molecule has 9 nitrogen and oxygen atoms in total. The molecule has 0 spiro atoms. The topological polar surface area (TPSA) is 113 Å². The number of carbonyl (C=O) groups is 1. The zero-order valence-corrected chi connectivity index (χ0v) is 22.6. The van der Waals surface area contributed by atoms with Crippen LogP contribution in [0.4, 0.5) is 17.3 Å². The molecule has 38 heavy (non-hydrogen) atoms. The summed E-state index contributed by atoms with van der Waals surface area (Å²) >= 11 is 1.73. The second kappa shape index (κ2) is 13.4. The second-order valence-electron chi connectivity index (χ2n) is 9.05. The first kappa shape index (κ1) is 27.6. The van der Waals surface area contributed by atoms with E-state index in [1.807, 2.05) is 48.2 Å². The molecule has 1 aromatic carbocycles. The fraction of sp³-hybridized carbons (Fsp3) is 0.357. The van der Waals surface area contributed by atoms with E-state index in [4.69, 9.17) is 4.74 Å². The van der Waals surface area contributed by atoms with Gasteiger partial charge in [0.1, 0.15) is 0 Å². The van der Waals surface area contributed by atoms with E-state index in [1.165, 1.54) is 0 Å². The predicted octanol–water partition coefficient (Wildman–Crippen LogP) is 4.60. The molecule has 3 heterocycles. The van der Waals surface area contributed by atoms with Crippen molar-refractivity contribution in [2.24, 2.45) is 0 Å². The summed E-state index contributed by atoms with van der Waals surface area (Å²) in [5.41, 5.74) is 4.87. The van der Waals surface area contributed by atoms with E-state index in [2.05, 4.69) is 32.2 Å². The van der Waals surface area contributed by atoms with Crippen LogP contribution in [0.2, 0.25) is 0 Å². The molecule has 0 radical (unpaired) electrons. The third-order valence-corrected chi connectivity index (χ3v) is 7.73. The van der Waals surface area contributed by atoms with Gasteiger partial charge in [-0.15, -0.1) is 0 Å². The van der Waals surface area contributed by atoms with E-state index < -0.39 is 6.35 Å². The number of aliphatic hydroxyl groups is 1. The summed E-state index contributed by atoms with van der Waals surface area (Å²) in [5.74, 6) is 0.729. The highest BCUT2D eigenvalue weighted by atomic mass is 32.2. The van der Waals surface area contributed by atoms with Crippen molar-refractivity contribution in [2.45, 2.75) is 38.3 Å². The van der Waals surface area contributed by atoms with Crippen molar-refractivity contribution in [3.8, 4) is 11.3 Å². The fourth-order valence-corrected chi connectivity index (χ4v) is 5.20.